The van der Waals surface area contributed by atoms with Gasteiger partial charge in [0.15, 0.2) is 0 Å². The van der Waals surface area contributed by atoms with E-state index in [2.05, 4.69) is 33.4 Å². The van der Waals surface area contributed by atoms with Gasteiger partial charge in [0.25, 0.3) is 0 Å². The number of likely N-dealkylation sites (tertiary alicyclic amines) is 1. The van der Waals surface area contributed by atoms with Crippen molar-refractivity contribution in [3.05, 3.63) is 29.8 Å². The summed E-state index contributed by atoms with van der Waals surface area (Å²) in [6.07, 6.45) is 5.75. The molecule has 0 bridgehead atoms. The Morgan fingerprint density at radius 2 is 2.24 bits per heavy atom. The maximum atomic E-state index is 4.35. The molecule has 6 heteroatoms. The normalized spacial score (nSPS) is 17.3. The molecule has 3 rings (SSSR count). The molecule has 0 aliphatic carbocycles. The minimum absolute atomic E-state index is 0.481. The molecular weight excluding hydrogens is 216 g/mol. The number of hydrogen-bond acceptors (Lipinski definition) is 4. The smallest absolute Gasteiger partial charge is 0.0790 e. The molecule has 0 N–H and O–H groups in total. The lowest BCUT2D eigenvalue weighted by Crippen LogP contribution is -2.47. The zero-order valence-electron chi connectivity index (χ0n) is 10.1. The van der Waals surface area contributed by atoms with Crippen LogP contribution in [0.15, 0.2) is 18.6 Å². The lowest BCUT2D eigenvalue weighted by molar-refractivity contribution is 0.0894. The van der Waals surface area contributed by atoms with Crippen molar-refractivity contribution in [3.8, 4) is 0 Å². The number of nitrogens with zero attached hydrogens (tertiary/aromatic N) is 6. The minimum Gasteiger partial charge on any atom is -0.295 e. The molecule has 2 aromatic heterocycles. The highest BCUT2D eigenvalue weighted by atomic mass is 15.5. The predicted molar refractivity (Wildman–Crippen MR) is 62.3 cm³/mol. The van der Waals surface area contributed by atoms with Crippen LogP contribution < -0.4 is 0 Å². The van der Waals surface area contributed by atoms with E-state index in [1.54, 1.807) is 6.20 Å². The molecule has 3 heterocycles. The molecule has 0 amide bonds. The van der Waals surface area contributed by atoms with E-state index < -0.39 is 0 Å². The van der Waals surface area contributed by atoms with Crippen LogP contribution in [0.5, 0.6) is 0 Å². The fraction of sp³-hybridized carbons (Fsp3) is 0.545. The molecule has 2 aromatic rings. The third kappa shape index (κ3) is 1.95. The van der Waals surface area contributed by atoms with Crippen molar-refractivity contribution in [2.75, 3.05) is 13.1 Å². The van der Waals surface area contributed by atoms with E-state index in [0.29, 0.717) is 6.04 Å². The zero-order valence-corrected chi connectivity index (χ0v) is 10.1. The van der Waals surface area contributed by atoms with E-state index in [-0.39, 0.29) is 0 Å². The Morgan fingerprint density at radius 3 is 2.82 bits per heavy atom. The minimum atomic E-state index is 0.481. The third-order valence-electron chi connectivity index (χ3n) is 3.26. The van der Waals surface area contributed by atoms with Gasteiger partial charge in [-0.2, -0.15) is 5.10 Å². The summed E-state index contributed by atoms with van der Waals surface area (Å²) in [6.45, 7) is 5.12. The quantitative estimate of drug-likeness (QED) is 0.767. The van der Waals surface area contributed by atoms with Gasteiger partial charge in [-0.15, -0.1) is 5.10 Å². The molecular formula is C11H16N6. The molecule has 1 aliphatic heterocycles. The van der Waals surface area contributed by atoms with Crippen molar-refractivity contribution >= 4 is 0 Å². The highest BCUT2D eigenvalue weighted by Crippen LogP contribution is 2.22. The van der Waals surface area contributed by atoms with Gasteiger partial charge in [0, 0.05) is 44.6 Å². The van der Waals surface area contributed by atoms with Crippen LogP contribution in [0.3, 0.4) is 0 Å². The average Bonchev–Trinajstić information content (AvgIpc) is 2.81. The summed E-state index contributed by atoms with van der Waals surface area (Å²) in [5.74, 6) is 0. The lowest BCUT2D eigenvalue weighted by atomic mass is 10.1. The van der Waals surface area contributed by atoms with Gasteiger partial charge in [-0.25, -0.2) is 4.68 Å². The second-order valence-corrected chi connectivity index (χ2v) is 4.64. The van der Waals surface area contributed by atoms with Crippen molar-refractivity contribution in [3.63, 3.8) is 0 Å². The van der Waals surface area contributed by atoms with Crippen LogP contribution in [0.25, 0.3) is 0 Å². The fourth-order valence-electron chi connectivity index (χ4n) is 2.30. The van der Waals surface area contributed by atoms with Crippen LogP contribution in [0.2, 0.25) is 0 Å². The van der Waals surface area contributed by atoms with Crippen molar-refractivity contribution in [1.29, 1.82) is 0 Å². The molecule has 1 saturated heterocycles. The molecule has 0 saturated carbocycles. The molecule has 1 aliphatic rings. The Hall–Kier alpha value is -1.69. The van der Waals surface area contributed by atoms with Crippen LogP contribution in [0, 0.1) is 6.92 Å². The van der Waals surface area contributed by atoms with Gasteiger partial charge < -0.3 is 0 Å². The lowest BCUT2D eigenvalue weighted by Gasteiger charge is -2.38. The Labute approximate surface area is 99.8 Å². The third-order valence-corrected chi connectivity index (χ3v) is 3.26. The van der Waals surface area contributed by atoms with Crippen molar-refractivity contribution in [2.45, 2.75) is 19.5 Å². The van der Waals surface area contributed by atoms with Crippen molar-refractivity contribution in [1.82, 2.24) is 29.7 Å². The highest BCUT2D eigenvalue weighted by Gasteiger charge is 2.29. The Bertz CT molecular complexity index is 494. The first-order valence-electron chi connectivity index (χ1n) is 5.79. The number of aromatic nitrogens is 5. The second-order valence-electron chi connectivity index (χ2n) is 4.64. The monoisotopic (exact) mass is 232 g/mol. The predicted octanol–water partition coefficient (Wildman–Crippen LogP) is 0.377. The number of hydrogen-bond donors (Lipinski definition) is 0. The summed E-state index contributed by atoms with van der Waals surface area (Å²) >= 11 is 0. The van der Waals surface area contributed by atoms with E-state index in [1.165, 1.54) is 5.56 Å². The maximum absolute atomic E-state index is 4.35. The Morgan fingerprint density at radius 1 is 1.41 bits per heavy atom. The first kappa shape index (κ1) is 10.5. The SMILES string of the molecule is Cc1nn(C)cc1CN1CC(n2ccnn2)C1. The summed E-state index contributed by atoms with van der Waals surface area (Å²) in [4.78, 5) is 2.40. The second kappa shape index (κ2) is 3.96. The van der Waals surface area contributed by atoms with E-state index in [1.807, 2.05) is 22.6 Å². The van der Waals surface area contributed by atoms with Gasteiger partial charge in [-0.05, 0) is 6.92 Å². The Balaban J connectivity index is 1.58. The van der Waals surface area contributed by atoms with Gasteiger partial charge in [-0.3, -0.25) is 9.58 Å². The Kier molecular flexibility index (Phi) is 2.44. The maximum Gasteiger partial charge on any atom is 0.0790 e. The summed E-state index contributed by atoms with van der Waals surface area (Å²) < 4.78 is 3.81. The van der Waals surface area contributed by atoms with Crippen LogP contribution in [0.4, 0.5) is 0 Å². The molecule has 0 radical (unpaired) electrons. The summed E-state index contributed by atoms with van der Waals surface area (Å²) in [7, 11) is 1.96. The van der Waals surface area contributed by atoms with Gasteiger partial charge in [0.05, 0.1) is 17.9 Å². The van der Waals surface area contributed by atoms with Crippen LogP contribution in [-0.4, -0.2) is 42.8 Å². The fourth-order valence-corrected chi connectivity index (χ4v) is 2.30. The van der Waals surface area contributed by atoms with E-state index >= 15 is 0 Å². The molecule has 0 unspecified atom stereocenters. The summed E-state index contributed by atoms with van der Waals surface area (Å²) in [5, 5.41) is 12.2. The zero-order chi connectivity index (χ0) is 11.8. The van der Waals surface area contributed by atoms with Crippen LogP contribution >= 0.6 is 0 Å². The largest absolute Gasteiger partial charge is 0.295 e. The first-order chi connectivity index (χ1) is 8.22. The number of rotatable bonds is 3. The molecule has 0 atom stereocenters. The van der Waals surface area contributed by atoms with Gasteiger partial charge in [0.1, 0.15) is 0 Å². The summed E-state index contributed by atoms with van der Waals surface area (Å²) in [6, 6.07) is 0.481. The van der Waals surface area contributed by atoms with Crippen LogP contribution in [0.1, 0.15) is 17.3 Å². The summed E-state index contributed by atoms with van der Waals surface area (Å²) in [5.41, 5.74) is 2.43. The molecule has 1 fully saturated rings. The molecule has 90 valence electrons. The van der Waals surface area contributed by atoms with Crippen LogP contribution in [-0.2, 0) is 13.6 Å². The number of aryl methyl sites for hydroxylation is 2. The standard InChI is InChI=1S/C11H16N6/c1-9-10(5-15(2)13-9)6-16-7-11(8-16)17-4-3-12-14-17/h3-5,11H,6-8H2,1-2H3. The van der Waals surface area contributed by atoms with Crippen molar-refractivity contribution < 1.29 is 0 Å². The topological polar surface area (TPSA) is 51.8 Å². The molecule has 6 nitrogen and oxygen atoms in total. The first-order valence-corrected chi connectivity index (χ1v) is 5.79. The van der Waals surface area contributed by atoms with E-state index in [0.717, 1.165) is 25.3 Å². The van der Waals surface area contributed by atoms with E-state index in [9.17, 15) is 0 Å². The van der Waals surface area contributed by atoms with Crippen molar-refractivity contribution in [2.24, 2.45) is 7.05 Å². The molecule has 0 aromatic carbocycles. The molecule has 0 spiro atoms. The van der Waals surface area contributed by atoms with E-state index in [4.69, 9.17) is 0 Å². The van der Waals surface area contributed by atoms with Gasteiger partial charge in [-0.1, -0.05) is 5.21 Å². The highest BCUT2D eigenvalue weighted by molar-refractivity contribution is 5.15. The van der Waals surface area contributed by atoms with Gasteiger partial charge in [0.2, 0.25) is 0 Å². The molecule has 17 heavy (non-hydrogen) atoms. The average molecular weight is 232 g/mol. The van der Waals surface area contributed by atoms with Gasteiger partial charge >= 0.3 is 0 Å².